The number of amides is 4. The van der Waals surface area contributed by atoms with Gasteiger partial charge in [0.25, 0.3) is 5.91 Å². The number of nitrogens with zero attached hydrogens (tertiary/aromatic N) is 2. The Labute approximate surface area is 144 Å². The molecule has 1 spiro atoms. The van der Waals surface area contributed by atoms with Crippen molar-refractivity contribution >= 4 is 17.8 Å². The highest BCUT2D eigenvalue weighted by Gasteiger charge is 2.54. The lowest BCUT2D eigenvalue weighted by Crippen LogP contribution is -2.54. The molecule has 0 aromatic heterocycles. The summed E-state index contributed by atoms with van der Waals surface area (Å²) in [6.07, 6.45) is 3.69. The molecule has 2 N–H and O–H groups in total. The molecule has 4 amide bonds. The first-order chi connectivity index (χ1) is 11.0. The molecule has 2 atom stereocenters. The van der Waals surface area contributed by atoms with Crippen molar-refractivity contribution in [3.05, 3.63) is 0 Å². The zero-order valence-corrected chi connectivity index (χ0v) is 15.4. The van der Waals surface area contributed by atoms with E-state index in [2.05, 4.69) is 10.6 Å². The molecule has 2 fully saturated rings. The maximum Gasteiger partial charge on any atom is 0.326 e. The van der Waals surface area contributed by atoms with Crippen molar-refractivity contribution in [2.24, 2.45) is 5.92 Å². The van der Waals surface area contributed by atoms with E-state index in [1.807, 2.05) is 27.7 Å². The maximum atomic E-state index is 12.9. The molecule has 7 heteroatoms. The molecule has 0 unspecified atom stereocenters. The number of rotatable bonds is 4. The van der Waals surface area contributed by atoms with Crippen LogP contribution < -0.4 is 10.6 Å². The van der Waals surface area contributed by atoms with E-state index in [1.54, 1.807) is 11.9 Å². The summed E-state index contributed by atoms with van der Waals surface area (Å²) in [7, 11) is 1.73. The van der Waals surface area contributed by atoms with Crippen molar-refractivity contribution in [2.45, 2.75) is 64.5 Å². The first kappa shape index (κ1) is 18.7. The molecule has 2 rings (SSSR count). The van der Waals surface area contributed by atoms with Crippen LogP contribution in [0.3, 0.4) is 0 Å². The van der Waals surface area contributed by atoms with Gasteiger partial charge in [0, 0.05) is 5.54 Å². The van der Waals surface area contributed by atoms with Crippen LogP contribution in [0, 0.1) is 5.92 Å². The van der Waals surface area contributed by atoms with Gasteiger partial charge >= 0.3 is 6.03 Å². The van der Waals surface area contributed by atoms with Crippen molar-refractivity contribution in [1.29, 1.82) is 0 Å². The van der Waals surface area contributed by atoms with E-state index in [0.717, 1.165) is 19.3 Å². The van der Waals surface area contributed by atoms with Gasteiger partial charge in [-0.3, -0.25) is 14.5 Å². The fraction of sp³-hybridized carbons (Fsp3) is 0.824. The predicted molar refractivity (Wildman–Crippen MR) is 91.1 cm³/mol. The van der Waals surface area contributed by atoms with Gasteiger partial charge in [-0.25, -0.2) is 9.69 Å². The first-order valence-electron chi connectivity index (χ1n) is 8.69. The van der Waals surface area contributed by atoms with Gasteiger partial charge < -0.3 is 10.6 Å². The number of nitrogens with one attached hydrogen (secondary N) is 2. The second kappa shape index (κ2) is 6.70. The van der Waals surface area contributed by atoms with Crippen molar-refractivity contribution in [2.75, 3.05) is 20.3 Å². The monoisotopic (exact) mass is 338 g/mol. The molecular weight excluding hydrogens is 308 g/mol. The van der Waals surface area contributed by atoms with Gasteiger partial charge in [-0.1, -0.05) is 19.8 Å². The average Bonchev–Trinajstić information content (AvgIpc) is 2.65. The zero-order valence-electron chi connectivity index (χ0n) is 15.4. The van der Waals surface area contributed by atoms with Gasteiger partial charge in [0.2, 0.25) is 5.91 Å². The van der Waals surface area contributed by atoms with Crippen LogP contribution in [0.25, 0.3) is 0 Å². The fourth-order valence-corrected chi connectivity index (χ4v) is 3.62. The Balaban J connectivity index is 1.98. The summed E-state index contributed by atoms with van der Waals surface area (Å²) in [5, 5.41) is 5.80. The van der Waals surface area contributed by atoms with Gasteiger partial charge in [0.15, 0.2) is 0 Å². The molecule has 1 heterocycles. The summed E-state index contributed by atoms with van der Waals surface area (Å²) in [6, 6.07) is -0.350. The van der Waals surface area contributed by atoms with E-state index in [4.69, 9.17) is 0 Å². The molecule has 1 saturated carbocycles. The number of likely N-dealkylation sites (N-methyl/N-ethyl adjacent to an activating group) is 1. The molecule has 0 aromatic carbocycles. The third-order valence-corrected chi connectivity index (χ3v) is 4.81. The number of imide groups is 1. The summed E-state index contributed by atoms with van der Waals surface area (Å²) in [4.78, 5) is 40.1. The quantitative estimate of drug-likeness (QED) is 0.757. The second-order valence-corrected chi connectivity index (χ2v) is 8.24. The number of carbonyl (C=O) groups excluding carboxylic acids is 3. The van der Waals surface area contributed by atoms with Crippen molar-refractivity contribution in [3.8, 4) is 0 Å². The molecule has 1 aliphatic carbocycles. The smallest absolute Gasteiger partial charge is 0.326 e. The van der Waals surface area contributed by atoms with Gasteiger partial charge in [0.05, 0.1) is 13.2 Å². The summed E-state index contributed by atoms with van der Waals surface area (Å²) in [6.45, 7) is 8.03. The topological polar surface area (TPSA) is 81.8 Å². The third kappa shape index (κ3) is 3.88. The van der Waals surface area contributed by atoms with Crippen molar-refractivity contribution in [1.82, 2.24) is 20.4 Å². The molecule has 0 bridgehead atoms. The van der Waals surface area contributed by atoms with Gasteiger partial charge in [-0.05, 0) is 46.6 Å². The lowest BCUT2D eigenvalue weighted by atomic mass is 9.73. The van der Waals surface area contributed by atoms with Crippen LogP contribution in [-0.4, -0.2) is 59.0 Å². The summed E-state index contributed by atoms with van der Waals surface area (Å²) < 4.78 is 0. The Bertz CT molecular complexity index is 528. The Morgan fingerprint density at radius 1 is 1.38 bits per heavy atom. The molecule has 0 aromatic rings. The lowest BCUT2D eigenvalue weighted by molar-refractivity contribution is -0.136. The molecule has 1 aliphatic heterocycles. The van der Waals surface area contributed by atoms with E-state index in [0.29, 0.717) is 6.42 Å². The average molecular weight is 338 g/mol. The Kier molecular flexibility index (Phi) is 5.22. The fourth-order valence-electron chi connectivity index (χ4n) is 3.62. The van der Waals surface area contributed by atoms with Crippen LogP contribution in [0.1, 0.15) is 53.4 Å². The predicted octanol–water partition coefficient (Wildman–Crippen LogP) is 1.29. The second-order valence-electron chi connectivity index (χ2n) is 8.24. The molecule has 2 aliphatic rings. The highest BCUT2D eigenvalue weighted by molar-refractivity contribution is 6.07. The Hall–Kier alpha value is -1.63. The number of hydrogen-bond acceptors (Lipinski definition) is 4. The molecule has 1 saturated heterocycles. The van der Waals surface area contributed by atoms with Crippen LogP contribution in [0.15, 0.2) is 0 Å². The minimum atomic E-state index is -0.746. The molecule has 7 nitrogen and oxygen atoms in total. The van der Waals surface area contributed by atoms with Crippen molar-refractivity contribution < 1.29 is 14.4 Å². The van der Waals surface area contributed by atoms with Crippen LogP contribution in [0.4, 0.5) is 4.79 Å². The zero-order chi connectivity index (χ0) is 18.1. The van der Waals surface area contributed by atoms with Crippen LogP contribution in [0.5, 0.6) is 0 Å². The summed E-state index contributed by atoms with van der Waals surface area (Å²) in [5.41, 5.74) is -1.05. The summed E-state index contributed by atoms with van der Waals surface area (Å²) >= 11 is 0. The Morgan fingerprint density at radius 2 is 2.04 bits per heavy atom. The van der Waals surface area contributed by atoms with Crippen molar-refractivity contribution in [3.63, 3.8) is 0 Å². The molecule has 0 radical (unpaired) electrons. The van der Waals surface area contributed by atoms with Crippen LogP contribution >= 0.6 is 0 Å². The number of carbonyl (C=O) groups is 3. The van der Waals surface area contributed by atoms with E-state index in [9.17, 15) is 14.4 Å². The molecular formula is C17H30N4O3. The SMILES string of the molecule is C[C@H]1CCCC[C@@]12NC(=O)N(CN(C)CC(=O)NC(C)(C)C)C2=O. The Morgan fingerprint density at radius 3 is 2.62 bits per heavy atom. The third-order valence-electron chi connectivity index (χ3n) is 4.81. The first-order valence-corrected chi connectivity index (χ1v) is 8.69. The molecule has 136 valence electrons. The lowest BCUT2D eigenvalue weighted by Gasteiger charge is -2.37. The van der Waals surface area contributed by atoms with Gasteiger partial charge in [0.1, 0.15) is 5.54 Å². The van der Waals surface area contributed by atoms with Crippen LogP contribution in [0.2, 0.25) is 0 Å². The van der Waals surface area contributed by atoms with E-state index in [1.165, 1.54) is 4.90 Å². The van der Waals surface area contributed by atoms with E-state index in [-0.39, 0.29) is 42.5 Å². The highest BCUT2D eigenvalue weighted by Crippen LogP contribution is 2.38. The minimum absolute atomic E-state index is 0.122. The number of hydrogen-bond donors (Lipinski definition) is 2. The number of urea groups is 1. The van der Waals surface area contributed by atoms with E-state index >= 15 is 0 Å². The normalized spacial score (nSPS) is 27.8. The maximum absolute atomic E-state index is 12.9. The van der Waals surface area contributed by atoms with Crippen LogP contribution in [-0.2, 0) is 9.59 Å². The van der Waals surface area contributed by atoms with Gasteiger partial charge in [-0.15, -0.1) is 0 Å². The van der Waals surface area contributed by atoms with Gasteiger partial charge in [-0.2, -0.15) is 0 Å². The van der Waals surface area contributed by atoms with E-state index < -0.39 is 5.54 Å². The molecule has 24 heavy (non-hydrogen) atoms. The standard InChI is InChI=1S/C17H30N4O3/c1-12-8-6-7-9-17(12)14(23)21(15(24)19-17)11-20(5)10-13(22)18-16(2,3)4/h12H,6-11H2,1-5H3,(H,18,22)(H,19,24)/t12-,17+/m0/s1. The summed E-state index contributed by atoms with van der Waals surface area (Å²) in [5.74, 6) is -0.136. The minimum Gasteiger partial charge on any atom is -0.350 e. The largest absolute Gasteiger partial charge is 0.350 e. The highest BCUT2D eigenvalue weighted by atomic mass is 16.2.